The minimum absolute atomic E-state index is 1.02. The van der Waals surface area contributed by atoms with Crippen LogP contribution in [0, 0.1) is 0 Å². The molecule has 4 heteroatoms. The molecule has 0 bridgehead atoms. The average molecular weight is 540 g/mol. The first-order valence-electron chi connectivity index (χ1n) is 13.9. The first-order valence-corrected chi connectivity index (χ1v) is 14.7. The molecule has 6 aromatic carbocycles. The van der Waals surface area contributed by atoms with E-state index in [0.29, 0.717) is 0 Å². The molecule has 0 aliphatic heterocycles. The van der Waals surface area contributed by atoms with Crippen LogP contribution in [-0.2, 0) is 0 Å². The molecule has 0 fully saturated rings. The molecule has 0 aliphatic carbocycles. The summed E-state index contributed by atoms with van der Waals surface area (Å²) in [6.45, 7) is 0. The Morgan fingerprint density at radius 1 is 0.463 bits per heavy atom. The van der Waals surface area contributed by atoms with Gasteiger partial charge in [-0.3, -0.25) is 4.40 Å². The van der Waals surface area contributed by atoms with Crippen LogP contribution in [0.2, 0.25) is 0 Å². The molecule has 0 saturated carbocycles. The number of para-hydroxylation sites is 4. The zero-order chi connectivity index (χ0) is 26.7. The van der Waals surface area contributed by atoms with Gasteiger partial charge >= 0.3 is 0 Å². The Balaban J connectivity index is 1.52. The molecule has 0 spiro atoms. The minimum atomic E-state index is 1.02. The second kappa shape index (κ2) is 7.72. The molecule has 0 saturated heterocycles. The molecule has 0 unspecified atom stereocenters. The van der Waals surface area contributed by atoms with E-state index >= 15 is 0 Å². The van der Waals surface area contributed by atoms with Crippen molar-refractivity contribution in [1.82, 2.24) is 14.0 Å². The lowest BCUT2D eigenvalue weighted by Crippen LogP contribution is -1.95. The molecule has 0 amide bonds. The highest BCUT2D eigenvalue weighted by Gasteiger charge is 2.21. The molecule has 0 aliphatic rings. The summed E-state index contributed by atoms with van der Waals surface area (Å²) in [7, 11) is 0. The molecule has 0 radical (unpaired) electrons. The summed E-state index contributed by atoms with van der Waals surface area (Å²) in [4.78, 5) is 5.29. The third-order valence-electron chi connectivity index (χ3n) is 8.66. The molecule has 3 nitrogen and oxygen atoms in total. The van der Waals surface area contributed by atoms with E-state index in [1.807, 2.05) is 11.3 Å². The standard InChI is InChI=1S/C37H21N3S/c1-2-10-22(11-3-1)39-29-15-7-4-12-23(29)26-20-27-24-18-19-34-35(25-13-5-9-17-33(25)41-34)36(24)37-38-28-14-6-8-16-30(28)40(37)32(27)21-31(26)39/h1-21H. The van der Waals surface area contributed by atoms with E-state index in [9.17, 15) is 0 Å². The van der Waals surface area contributed by atoms with E-state index in [2.05, 4.69) is 136 Å². The Morgan fingerprint density at radius 3 is 2.10 bits per heavy atom. The Hall–Kier alpha value is -5.19. The fourth-order valence-electron chi connectivity index (χ4n) is 6.97. The van der Waals surface area contributed by atoms with Crippen molar-refractivity contribution in [2.24, 2.45) is 0 Å². The maximum absolute atomic E-state index is 5.29. The first-order chi connectivity index (χ1) is 20.3. The third kappa shape index (κ3) is 2.75. The van der Waals surface area contributed by atoms with Gasteiger partial charge < -0.3 is 4.57 Å². The fourth-order valence-corrected chi connectivity index (χ4v) is 8.08. The predicted molar refractivity (Wildman–Crippen MR) is 175 cm³/mol. The number of rotatable bonds is 1. The zero-order valence-electron chi connectivity index (χ0n) is 21.9. The monoisotopic (exact) mass is 539 g/mol. The molecule has 0 N–H and O–H groups in total. The third-order valence-corrected chi connectivity index (χ3v) is 9.80. The van der Waals surface area contributed by atoms with Crippen molar-refractivity contribution in [2.45, 2.75) is 0 Å². The largest absolute Gasteiger partial charge is 0.309 e. The second-order valence-electron chi connectivity index (χ2n) is 10.8. The van der Waals surface area contributed by atoms with Crippen LogP contribution in [0.25, 0.3) is 86.0 Å². The number of benzene rings is 6. The van der Waals surface area contributed by atoms with Gasteiger partial charge in [0.2, 0.25) is 0 Å². The van der Waals surface area contributed by atoms with Gasteiger partial charge in [0.15, 0.2) is 0 Å². The molecule has 10 aromatic rings. The number of nitrogens with zero attached hydrogens (tertiary/aromatic N) is 3. The first kappa shape index (κ1) is 21.6. The van der Waals surface area contributed by atoms with E-state index in [1.54, 1.807) is 0 Å². The van der Waals surface area contributed by atoms with Gasteiger partial charge in [0.1, 0.15) is 5.65 Å². The summed E-state index contributed by atoms with van der Waals surface area (Å²) >= 11 is 1.86. The summed E-state index contributed by atoms with van der Waals surface area (Å²) in [6, 6.07) is 46.2. The van der Waals surface area contributed by atoms with Crippen LogP contribution in [0.4, 0.5) is 0 Å². The van der Waals surface area contributed by atoms with Crippen molar-refractivity contribution in [3.63, 3.8) is 0 Å². The van der Waals surface area contributed by atoms with E-state index in [-0.39, 0.29) is 0 Å². The highest BCUT2D eigenvalue weighted by molar-refractivity contribution is 7.26. The van der Waals surface area contributed by atoms with Crippen molar-refractivity contribution in [3.8, 4) is 5.69 Å². The van der Waals surface area contributed by atoms with E-state index in [4.69, 9.17) is 4.98 Å². The van der Waals surface area contributed by atoms with Crippen molar-refractivity contribution in [3.05, 3.63) is 127 Å². The molecule has 10 rings (SSSR count). The molecular formula is C37H21N3S. The molecule has 190 valence electrons. The molecule has 4 heterocycles. The predicted octanol–water partition coefficient (Wildman–Crippen LogP) is 10.3. The van der Waals surface area contributed by atoms with Crippen LogP contribution in [0.15, 0.2) is 127 Å². The topological polar surface area (TPSA) is 22.2 Å². The Labute approximate surface area is 238 Å². The van der Waals surface area contributed by atoms with Crippen molar-refractivity contribution in [1.29, 1.82) is 0 Å². The van der Waals surface area contributed by atoms with E-state index in [1.165, 1.54) is 63.7 Å². The Morgan fingerprint density at radius 2 is 1.20 bits per heavy atom. The smallest absolute Gasteiger partial charge is 0.147 e. The van der Waals surface area contributed by atoms with Gasteiger partial charge in [-0.2, -0.15) is 0 Å². The van der Waals surface area contributed by atoms with Crippen LogP contribution < -0.4 is 0 Å². The fraction of sp³-hybridized carbons (Fsp3) is 0. The maximum Gasteiger partial charge on any atom is 0.147 e. The minimum Gasteiger partial charge on any atom is -0.309 e. The Kier molecular flexibility index (Phi) is 4.07. The van der Waals surface area contributed by atoms with Gasteiger partial charge in [-0.25, -0.2) is 4.98 Å². The number of hydrogen-bond donors (Lipinski definition) is 0. The van der Waals surface area contributed by atoms with Gasteiger partial charge in [0.05, 0.1) is 27.6 Å². The average Bonchev–Trinajstić information content (AvgIpc) is 3.70. The van der Waals surface area contributed by atoms with Crippen molar-refractivity contribution in [2.75, 3.05) is 0 Å². The zero-order valence-corrected chi connectivity index (χ0v) is 22.7. The number of pyridine rings is 1. The van der Waals surface area contributed by atoms with Gasteiger partial charge in [-0.05, 0) is 60.0 Å². The SMILES string of the molecule is c1ccc(-n2c3ccccc3c3cc4c5ccc6sc7ccccc7c6c5c5nc6ccccc6n5c4cc32)cc1. The molecule has 0 atom stereocenters. The summed E-state index contributed by atoms with van der Waals surface area (Å²) in [5, 5.41) is 8.85. The summed E-state index contributed by atoms with van der Waals surface area (Å²) < 4.78 is 7.40. The van der Waals surface area contributed by atoms with E-state index < -0.39 is 0 Å². The normalized spacial score (nSPS) is 12.4. The lowest BCUT2D eigenvalue weighted by molar-refractivity contribution is 1.18. The number of imidazole rings is 1. The summed E-state index contributed by atoms with van der Waals surface area (Å²) in [5.41, 5.74) is 7.92. The number of hydrogen-bond acceptors (Lipinski definition) is 2. The van der Waals surface area contributed by atoms with E-state index in [0.717, 1.165) is 22.4 Å². The van der Waals surface area contributed by atoms with Crippen molar-refractivity contribution >= 4 is 91.7 Å². The summed E-state index contributed by atoms with van der Waals surface area (Å²) in [5.74, 6) is 0. The molecular weight excluding hydrogens is 518 g/mol. The highest BCUT2D eigenvalue weighted by atomic mass is 32.1. The Bertz CT molecular complexity index is 2690. The van der Waals surface area contributed by atoms with Gasteiger partial charge in [-0.1, -0.05) is 72.8 Å². The van der Waals surface area contributed by atoms with Crippen LogP contribution >= 0.6 is 11.3 Å². The molecule has 41 heavy (non-hydrogen) atoms. The number of fused-ring (bicyclic) bond motifs is 15. The summed E-state index contributed by atoms with van der Waals surface area (Å²) in [6.07, 6.45) is 0. The van der Waals surface area contributed by atoms with Crippen molar-refractivity contribution < 1.29 is 0 Å². The quantitative estimate of drug-likeness (QED) is 0.190. The lowest BCUT2D eigenvalue weighted by Gasteiger charge is -2.12. The van der Waals surface area contributed by atoms with Crippen LogP contribution in [0.3, 0.4) is 0 Å². The molecule has 4 aromatic heterocycles. The lowest BCUT2D eigenvalue weighted by atomic mass is 9.99. The van der Waals surface area contributed by atoms with Gasteiger partial charge in [-0.15, -0.1) is 11.3 Å². The van der Waals surface area contributed by atoms with Gasteiger partial charge in [0, 0.05) is 47.4 Å². The number of aromatic nitrogens is 3. The highest BCUT2D eigenvalue weighted by Crippen LogP contribution is 2.44. The van der Waals surface area contributed by atoms with Crippen LogP contribution in [0.1, 0.15) is 0 Å². The van der Waals surface area contributed by atoms with Crippen LogP contribution in [0.5, 0.6) is 0 Å². The maximum atomic E-state index is 5.29. The van der Waals surface area contributed by atoms with Gasteiger partial charge in [0.25, 0.3) is 0 Å². The second-order valence-corrected chi connectivity index (χ2v) is 11.9. The van der Waals surface area contributed by atoms with Crippen LogP contribution in [-0.4, -0.2) is 14.0 Å². The number of thiophene rings is 1.